The Labute approximate surface area is 214 Å². The van der Waals surface area contributed by atoms with Crippen LogP contribution in [0.2, 0.25) is 0 Å². The summed E-state index contributed by atoms with van der Waals surface area (Å²) in [6.45, 7) is 16.6. The molecule has 1 aromatic rings. The Bertz CT molecular complexity index is 954. The van der Waals surface area contributed by atoms with Gasteiger partial charge < -0.3 is 26.0 Å². The quantitative estimate of drug-likeness (QED) is 0.377. The normalized spacial score (nSPS) is 13.6. The van der Waals surface area contributed by atoms with Gasteiger partial charge in [0.25, 0.3) is 0 Å². The highest BCUT2D eigenvalue weighted by Crippen LogP contribution is 2.25. The lowest BCUT2D eigenvalue weighted by Crippen LogP contribution is -2.54. The molecular formula is C27H42N4O5. The summed E-state index contributed by atoms with van der Waals surface area (Å²) in [7, 11) is 0. The van der Waals surface area contributed by atoms with E-state index in [4.69, 9.17) is 10.5 Å². The summed E-state index contributed by atoms with van der Waals surface area (Å²) in [5, 5.41) is 5.44. The van der Waals surface area contributed by atoms with Crippen molar-refractivity contribution in [1.82, 2.24) is 15.5 Å². The fourth-order valence-electron chi connectivity index (χ4n) is 3.75. The van der Waals surface area contributed by atoms with Gasteiger partial charge in [0.1, 0.15) is 17.7 Å². The maximum absolute atomic E-state index is 13.8. The van der Waals surface area contributed by atoms with E-state index in [9.17, 15) is 19.2 Å². The molecule has 0 aliphatic heterocycles. The van der Waals surface area contributed by atoms with Gasteiger partial charge in [-0.25, -0.2) is 4.79 Å². The van der Waals surface area contributed by atoms with E-state index in [1.54, 1.807) is 26.8 Å². The third-order valence-electron chi connectivity index (χ3n) is 5.52. The zero-order valence-electron chi connectivity index (χ0n) is 22.6. The van der Waals surface area contributed by atoms with E-state index in [1.807, 2.05) is 39.8 Å². The Morgan fingerprint density at radius 1 is 1.14 bits per heavy atom. The zero-order chi connectivity index (χ0) is 27.6. The smallest absolute Gasteiger partial charge is 0.408 e. The summed E-state index contributed by atoms with van der Waals surface area (Å²) < 4.78 is 5.27. The molecule has 1 aromatic carbocycles. The average Bonchev–Trinajstić information content (AvgIpc) is 2.73. The second-order valence-electron chi connectivity index (χ2n) is 10.1. The molecule has 0 fully saturated rings. The predicted molar refractivity (Wildman–Crippen MR) is 140 cm³/mol. The zero-order valence-corrected chi connectivity index (χ0v) is 22.6. The van der Waals surface area contributed by atoms with Crippen molar-refractivity contribution in [3.63, 3.8) is 0 Å². The fourth-order valence-corrected chi connectivity index (χ4v) is 3.75. The van der Waals surface area contributed by atoms with Crippen molar-refractivity contribution in [3.8, 4) is 0 Å². The van der Waals surface area contributed by atoms with Crippen molar-refractivity contribution >= 4 is 23.8 Å². The van der Waals surface area contributed by atoms with Gasteiger partial charge >= 0.3 is 6.09 Å². The molecule has 0 spiro atoms. The summed E-state index contributed by atoms with van der Waals surface area (Å²) in [5.74, 6) is -1.81. The summed E-state index contributed by atoms with van der Waals surface area (Å²) in [5.41, 5.74) is 7.17. The molecule has 4 N–H and O–H groups in total. The second kappa shape index (κ2) is 13.7. The number of nitrogens with two attached hydrogens (primary N) is 1. The van der Waals surface area contributed by atoms with Crippen molar-refractivity contribution in [1.29, 1.82) is 0 Å². The Morgan fingerprint density at radius 3 is 2.28 bits per heavy atom. The van der Waals surface area contributed by atoms with Gasteiger partial charge in [-0.3, -0.25) is 14.4 Å². The van der Waals surface area contributed by atoms with Crippen molar-refractivity contribution in [2.24, 2.45) is 5.73 Å². The number of nitrogens with one attached hydrogen (secondary N) is 2. The maximum Gasteiger partial charge on any atom is 0.408 e. The number of carbonyl (C=O) groups is 4. The van der Waals surface area contributed by atoms with Gasteiger partial charge in [-0.2, -0.15) is 0 Å². The van der Waals surface area contributed by atoms with Gasteiger partial charge in [0, 0.05) is 12.6 Å². The molecule has 0 radical (unpaired) electrons. The van der Waals surface area contributed by atoms with E-state index < -0.39 is 42.0 Å². The van der Waals surface area contributed by atoms with Crippen LogP contribution in [0.1, 0.15) is 76.6 Å². The molecule has 0 saturated carbocycles. The van der Waals surface area contributed by atoms with Gasteiger partial charge in [-0.1, -0.05) is 37.6 Å². The van der Waals surface area contributed by atoms with Gasteiger partial charge in [0.05, 0.1) is 6.42 Å². The summed E-state index contributed by atoms with van der Waals surface area (Å²) in [6, 6.07) is 3.08. The van der Waals surface area contributed by atoms with Crippen LogP contribution < -0.4 is 16.4 Å². The molecule has 9 heteroatoms. The third-order valence-corrected chi connectivity index (χ3v) is 5.52. The van der Waals surface area contributed by atoms with E-state index in [0.717, 1.165) is 24.0 Å². The van der Waals surface area contributed by atoms with Crippen LogP contribution >= 0.6 is 0 Å². The number of alkyl carbamates (subject to hydrolysis) is 1. The topological polar surface area (TPSA) is 131 Å². The molecule has 0 saturated heterocycles. The highest BCUT2D eigenvalue weighted by Gasteiger charge is 2.36. The summed E-state index contributed by atoms with van der Waals surface area (Å²) >= 11 is 0. The number of hydrogen-bond acceptors (Lipinski definition) is 5. The second-order valence-corrected chi connectivity index (χ2v) is 10.1. The number of amides is 4. The molecule has 0 aliphatic rings. The summed E-state index contributed by atoms with van der Waals surface area (Å²) in [6.07, 6.45) is 1.81. The Hall–Kier alpha value is -3.36. The molecule has 1 rings (SSSR count). The number of rotatable bonds is 12. The average molecular weight is 503 g/mol. The van der Waals surface area contributed by atoms with Crippen LogP contribution in [-0.4, -0.2) is 52.9 Å². The largest absolute Gasteiger partial charge is 0.444 e. The Morgan fingerprint density at radius 2 is 1.78 bits per heavy atom. The van der Waals surface area contributed by atoms with Crippen molar-refractivity contribution in [2.75, 3.05) is 6.54 Å². The number of benzene rings is 1. The van der Waals surface area contributed by atoms with Crippen molar-refractivity contribution < 1.29 is 23.9 Å². The highest BCUT2D eigenvalue weighted by atomic mass is 16.6. The van der Waals surface area contributed by atoms with Crippen LogP contribution in [0.25, 0.3) is 0 Å². The highest BCUT2D eigenvalue weighted by molar-refractivity contribution is 5.94. The van der Waals surface area contributed by atoms with Crippen LogP contribution in [-0.2, 0) is 19.1 Å². The molecular weight excluding hydrogens is 460 g/mol. The molecule has 0 bridgehead atoms. The van der Waals surface area contributed by atoms with Crippen LogP contribution in [0.15, 0.2) is 30.9 Å². The lowest BCUT2D eigenvalue weighted by atomic mass is 9.97. The Kier molecular flexibility index (Phi) is 11.6. The van der Waals surface area contributed by atoms with Gasteiger partial charge in [-0.15, -0.1) is 6.58 Å². The molecule has 0 aromatic heterocycles. The number of aryl methyl sites for hydroxylation is 2. The van der Waals surface area contributed by atoms with Crippen LogP contribution in [0.4, 0.5) is 4.79 Å². The molecule has 3 atom stereocenters. The number of nitrogens with zero attached hydrogens (tertiary/aromatic N) is 1. The first-order chi connectivity index (χ1) is 16.7. The minimum Gasteiger partial charge on any atom is -0.444 e. The monoisotopic (exact) mass is 502 g/mol. The molecule has 4 amide bonds. The number of primary amides is 1. The maximum atomic E-state index is 13.8. The molecule has 3 unspecified atom stereocenters. The van der Waals surface area contributed by atoms with E-state index in [1.165, 1.54) is 11.0 Å². The number of ether oxygens (including phenoxy) is 1. The molecule has 0 aliphatic carbocycles. The SMILES string of the molecule is C=CCN(C(=O)C(CC(N)=O)NC(=O)OC(C)(C)C)C(C(=O)NC(C)CCC)c1ccc(C)c(C)c1. The minimum absolute atomic E-state index is 0.00272. The lowest BCUT2D eigenvalue weighted by Gasteiger charge is -2.34. The van der Waals surface area contributed by atoms with Gasteiger partial charge in [-0.05, 0) is 64.7 Å². The van der Waals surface area contributed by atoms with Gasteiger partial charge in [0.2, 0.25) is 17.7 Å². The fraction of sp³-hybridized carbons (Fsp3) is 0.556. The standard InChI is InChI=1S/C27H42N4O5/c1-9-11-19(5)29-24(33)23(20-13-12-17(3)18(4)15-20)31(14-10-2)25(34)21(16-22(28)32)30-26(35)36-27(6,7)8/h10,12-13,15,19,21,23H,2,9,11,14,16H2,1,3-8H3,(H2,28,32)(H,29,33)(H,30,35). The number of hydrogen-bond donors (Lipinski definition) is 3. The third kappa shape index (κ3) is 9.71. The van der Waals surface area contributed by atoms with Crippen LogP contribution in [0.3, 0.4) is 0 Å². The van der Waals surface area contributed by atoms with E-state index in [0.29, 0.717) is 5.56 Å². The predicted octanol–water partition coefficient (Wildman–Crippen LogP) is 3.43. The first kappa shape index (κ1) is 30.7. The van der Waals surface area contributed by atoms with Crippen molar-refractivity contribution in [3.05, 3.63) is 47.5 Å². The van der Waals surface area contributed by atoms with Crippen molar-refractivity contribution in [2.45, 2.75) is 91.5 Å². The molecule has 9 nitrogen and oxygen atoms in total. The lowest BCUT2D eigenvalue weighted by molar-refractivity contribution is -0.143. The van der Waals surface area contributed by atoms with E-state index in [-0.39, 0.29) is 18.5 Å². The Balaban J connectivity index is 3.50. The minimum atomic E-state index is -1.33. The van der Waals surface area contributed by atoms with Gasteiger partial charge in [0.15, 0.2) is 0 Å². The van der Waals surface area contributed by atoms with E-state index >= 15 is 0 Å². The first-order valence-corrected chi connectivity index (χ1v) is 12.3. The molecule has 200 valence electrons. The molecule has 36 heavy (non-hydrogen) atoms. The number of carbonyl (C=O) groups excluding carboxylic acids is 4. The summed E-state index contributed by atoms with van der Waals surface area (Å²) in [4.78, 5) is 52.9. The van der Waals surface area contributed by atoms with E-state index in [2.05, 4.69) is 17.2 Å². The molecule has 0 heterocycles. The van der Waals surface area contributed by atoms with Crippen LogP contribution in [0, 0.1) is 13.8 Å². The first-order valence-electron chi connectivity index (χ1n) is 12.3. The van der Waals surface area contributed by atoms with Crippen LogP contribution in [0.5, 0.6) is 0 Å².